The van der Waals surface area contributed by atoms with Crippen LogP contribution in [0.3, 0.4) is 0 Å². The smallest absolute Gasteiger partial charge is 0.0804 e. The first-order valence-electron chi connectivity index (χ1n) is 9.58. The Hall–Kier alpha value is -0.940. The zero-order chi connectivity index (χ0) is 18.2. The SMILES string of the molecule is CC1=C(C=CC2=C[C@@H](O)C[C@]3(C)[C@@H]([C@H](O)CO)CC[C@@H]23)C[C@@H](O)CC1. The number of rotatable bonds is 4. The molecule has 1 saturated carbocycles. The van der Waals surface area contributed by atoms with Crippen LogP contribution in [0.25, 0.3) is 0 Å². The third-order valence-corrected chi connectivity index (χ3v) is 6.83. The molecule has 0 aromatic rings. The molecule has 3 aliphatic rings. The standard InChI is InChI=1S/C21H32O4/c1-13-3-6-16(23)9-14(13)4-5-15-10-17(24)11-21(2)18(15)7-8-19(21)20(25)12-22/h4-5,10,16-20,22-25H,3,6-9,11-12H2,1-2H3/t16-,17+,18-,19+,20+,21-/m0/s1. The zero-order valence-corrected chi connectivity index (χ0v) is 15.4. The first kappa shape index (κ1) is 18.8. The molecule has 0 heterocycles. The van der Waals surface area contributed by atoms with E-state index in [9.17, 15) is 20.4 Å². The largest absolute Gasteiger partial charge is 0.394 e. The van der Waals surface area contributed by atoms with Crippen LogP contribution in [0.5, 0.6) is 0 Å². The number of allylic oxidation sites excluding steroid dienone is 4. The lowest BCUT2D eigenvalue weighted by Gasteiger charge is -2.43. The second-order valence-corrected chi connectivity index (χ2v) is 8.47. The van der Waals surface area contributed by atoms with Crippen molar-refractivity contribution in [2.24, 2.45) is 17.3 Å². The van der Waals surface area contributed by atoms with Crippen LogP contribution < -0.4 is 0 Å². The molecular formula is C21H32O4. The van der Waals surface area contributed by atoms with E-state index >= 15 is 0 Å². The number of aliphatic hydroxyl groups is 4. The van der Waals surface area contributed by atoms with Crippen molar-refractivity contribution in [3.05, 3.63) is 34.9 Å². The lowest BCUT2D eigenvalue weighted by molar-refractivity contribution is -0.0237. The Balaban J connectivity index is 1.84. The predicted octanol–water partition coefficient (Wildman–Crippen LogP) is 2.48. The topological polar surface area (TPSA) is 80.9 Å². The summed E-state index contributed by atoms with van der Waals surface area (Å²) < 4.78 is 0. The van der Waals surface area contributed by atoms with E-state index in [1.165, 1.54) is 11.1 Å². The van der Waals surface area contributed by atoms with Crippen LogP contribution in [-0.2, 0) is 0 Å². The second kappa shape index (κ2) is 7.36. The molecule has 0 bridgehead atoms. The summed E-state index contributed by atoms with van der Waals surface area (Å²) in [5.41, 5.74) is 3.48. The Labute approximate surface area is 150 Å². The van der Waals surface area contributed by atoms with E-state index in [1.807, 2.05) is 6.08 Å². The Bertz CT molecular complexity index is 591. The molecule has 0 amide bonds. The van der Waals surface area contributed by atoms with Crippen molar-refractivity contribution in [1.29, 1.82) is 0 Å². The number of hydrogen-bond donors (Lipinski definition) is 4. The van der Waals surface area contributed by atoms with Crippen LogP contribution in [0.1, 0.15) is 52.4 Å². The third kappa shape index (κ3) is 3.63. The van der Waals surface area contributed by atoms with Crippen molar-refractivity contribution < 1.29 is 20.4 Å². The van der Waals surface area contributed by atoms with Gasteiger partial charge in [-0.25, -0.2) is 0 Å². The fourth-order valence-corrected chi connectivity index (χ4v) is 5.36. The van der Waals surface area contributed by atoms with Crippen LogP contribution >= 0.6 is 0 Å². The van der Waals surface area contributed by atoms with E-state index in [0.717, 1.165) is 31.3 Å². The van der Waals surface area contributed by atoms with Gasteiger partial charge in [0.2, 0.25) is 0 Å². The van der Waals surface area contributed by atoms with Gasteiger partial charge in [-0.15, -0.1) is 0 Å². The maximum absolute atomic E-state index is 10.4. The first-order chi connectivity index (χ1) is 11.8. The van der Waals surface area contributed by atoms with Crippen molar-refractivity contribution in [3.8, 4) is 0 Å². The van der Waals surface area contributed by atoms with E-state index in [-0.39, 0.29) is 24.0 Å². The molecule has 3 rings (SSSR count). The minimum atomic E-state index is -0.719. The van der Waals surface area contributed by atoms with E-state index in [4.69, 9.17) is 0 Å². The fourth-order valence-electron chi connectivity index (χ4n) is 5.36. The molecule has 1 fully saturated rings. The van der Waals surface area contributed by atoms with Gasteiger partial charge >= 0.3 is 0 Å². The second-order valence-electron chi connectivity index (χ2n) is 8.47. The molecule has 4 nitrogen and oxygen atoms in total. The summed E-state index contributed by atoms with van der Waals surface area (Å²) in [6.45, 7) is 4.05. The van der Waals surface area contributed by atoms with Gasteiger partial charge in [0.25, 0.3) is 0 Å². The highest BCUT2D eigenvalue weighted by Crippen LogP contribution is 2.57. The summed E-state index contributed by atoms with van der Waals surface area (Å²) >= 11 is 0. The molecule has 4 N–H and O–H groups in total. The molecule has 0 spiro atoms. The van der Waals surface area contributed by atoms with Crippen LogP contribution in [0.4, 0.5) is 0 Å². The van der Waals surface area contributed by atoms with Crippen molar-refractivity contribution in [2.75, 3.05) is 6.61 Å². The third-order valence-electron chi connectivity index (χ3n) is 6.83. The zero-order valence-electron chi connectivity index (χ0n) is 15.4. The summed E-state index contributed by atoms with van der Waals surface area (Å²) in [7, 11) is 0. The minimum absolute atomic E-state index is 0.0201. The predicted molar refractivity (Wildman–Crippen MR) is 97.8 cm³/mol. The van der Waals surface area contributed by atoms with Gasteiger partial charge in [-0.05, 0) is 73.8 Å². The molecule has 140 valence electrons. The van der Waals surface area contributed by atoms with Crippen molar-refractivity contribution >= 4 is 0 Å². The van der Waals surface area contributed by atoms with Crippen molar-refractivity contribution in [1.82, 2.24) is 0 Å². The number of hydrogen-bond acceptors (Lipinski definition) is 4. The van der Waals surface area contributed by atoms with Crippen LogP contribution in [0.2, 0.25) is 0 Å². The highest BCUT2D eigenvalue weighted by molar-refractivity contribution is 5.37. The molecule has 0 aromatic heterocycles. The van der Waals surface area contributed by atoms with Gasteiger partial charge in [-0.2, -0.15) is 0 Å². The van der Waals surface area contributed by atoms with Gasteiger partial charge < -0.3 is 20.4 Å². The normalized spacial score (nSPS) is 40.3. The maximum atomic E-state index is 10.4. The summed E-state index contributed by atoms with van der Waals surface area (Å²) in [6, 6.07) is 0. The monoisotopic (exact) mass is 348 g/mol. The Morgan fingerprint density at radius 3 is 2.72 bits per heavy atom. The molecule has 25 heavy (non-hydrogen) atoms. The highest BCUT2D eigenvalue weighted by Gasteiger charge is 2.52. The Morgan fingerprint density at radius 2 is 2.00 bits per heavy atom. The lowest BCUT2D eigenvalue weighted by Crippen LogP contribution is -2.42. The van der Waals surface area contributed by atoms with Gasteiger partial charge in [0, 0.05) is 0 Å². The molecule has 0 unspecified atom stereocenters. The van der Waals surface area contributed by atoms with Crippen LogP contribution in [-0.4, -0.2) is 45.3 Å². The molecule has 0 saturated heterocycles. The molecule has 6 atom stereocenters. The fraction of sp³-hybridized carbons (Fsp3) is 0.714. The summed E-state index contributed by atoms with van der Waals surface area (Å²) in [5.74, 6) is 0.319. The van der Waals surface area contributed by atoms with Gasteiger partial charge in [-0.1, -0.05) is 30.7 Å². The highest BCUT2D eigenvalue weighted by atomic mass is 16.3. The minimum Gasteiger partial charge on any atom is -0.394 e. The average Bonchev–Trinajstić information content (AvgIpc) is 2.91. The summed E-state index contributed by atoms with van der Waals surface area (Å²) in [4.78, 5) is 0. The van der Waals surface area contributed by atoms with E-state index in [1.54, 1.807) is 0 Å². The maximum Gasteiger partial charge on any atom is 0.0804 e. The van der Waals surface area contributed by atoms with E-state index < -0.39 is 12.2 Å². The summed E-state index contributed by atoms with van der Waals surface area (Å²) in [6.07, 6.45) is 9.64. The molecular weight excluding hydrogens is 316 g/mol. The van der Waals surface area contributed by atoms with Gasteiger partial charge in [-0.3, -0.25) is 0 Å². The van der Waals surface area contributed by atoms with Crippen LogP contribution in [0.15, 0.2) is 34.9 Å². The number of aliphatic hydroxyl groups excluding tert-OH is 4. The van der Waals surface area contributed by atoms with Crippen molar-refractivity contribution in [2.45, 2.75) is 70.7 Å². The quantitative estimate of drug-likeness (QED) is 0.629. The molecule has 3 aliphatic carbocycles. The molecule has 0 aliphatic heterocycles. The molecule has 0 aromatic carbocycles. The van der Waals surface area contributed by atoms with E-state index in [2.05, 4.69) is 26.0 Å². The van der Waals surface area contributed by atoms with Crippen LogP contribution in [0, 0.1) is 17.3 Å². The Kier molecular flexibility index (Phi) is 5.54. The molecule has 4 heteroatoms. The number of fused-ring (bicyclic) bond motifs is 1. The first-order valence-corrected chi connectivity index (χ1v) is 9.58. The van der Waals surface area contributed by atoms with Gasteiger partial charge in [0.15, 0.2) is 0 Å². The van der Waals surface area contributed by atoms with Gasteiger partial charge in [0.05, 0.1) is 24.9 Å². The summed E-state index contributed by atoms with van der Waals surface area (Å²) in [5, 5.41) is 39.9. The average molecular weight is 348 g/mol. The van der Waals surface area contributed by atoms with Crippen molar-refractivity contribution in [3.63, 3.8) is 0 Å². The van der Waals surface area contributed by atoms with Gasteiger partial charge in [0.1, 0.15) is 0 Å². The molecule has 0 radical (unpaired) electrons. The van der Waals surface area contributed by atoms with E-state index in [0.29, 0.717) is 18.8 Å². The lowest BCUT2D eigenvalue weighted by atomic mass is 9.63. The Morgan fingerprint density at radius 1 is 1.24 bits per heavy atom.